The Morgan fingerprint density at radius 2 is 1.84 bits per heavy atom. The predicted molar refractivity (Wildman–Crippen MR) is 171 cm³/mol. The smallest absolute Gasteiger partial charge is 0.355 e. The van der Waals surface area contributed by atoms with Gasteiger partial charge in [-0.3, -0.25) is 4.68 Å². The van der Waals surface area contributed by atoms with E-state index in [1.165, 1.54) is 0 Å². The molecule has 0 unspecified atom stereocenters. The zero-order valence-corrected chi connectivity index (χ0v) is 25.5. The number of fused-ring (bicyclic) bond motifs is 3. The number of carbonyl (C=O) groups excluding carboxylic acids is 1. The number of allylic oxidation sites excluding steroid dienone is 1. The number of esters is 1. The van der Waals surface area contributed by atoms with E-state index in [0.29, 0.717) is 45.1 Å². The molecule has 0 saturated carbocycles. The van der Waals surface area contributed by atoms with E-state index in [0.717, 1.165) is 73.9 Å². The fourth-order valence-corrected chi connectivity index (χ4v) is 6.44. The van der Waals surface area contributed by atoms with Crippen LogP contribution in [0.2, 0.25) is 0 Å². The van der Waals surface area contributed by atoms with Crippen LogP contribution in [0.1, 0.15) is 53.3 Å². The molecule has 3 aromatic carbocycles. The minimum absolute atomic E-state index is 0.297. The van der Waals surface area contributed by atoms with E-state index in [-0.39, 0.29) is 5.97 Å². The third kappa shape index (κ3) is 5.34. The average molecular weight is 578 g/mol. The van der Waals surface area contributed by atoms with E-state index in [2.05, 4.69) is 54.8 Å². The number of hydrogen-bond donors (Lipinski definition) is 0. The Labute approximate surface area is 252 Å². The van der Waals surface area contributed by atoms with Crippen LogP contribution in [-0.2, 0) is 42.5 Å². The molecule has 0 fully saturated rings. The average Bonchev–Trinajstić information content (AvgIpc) is 3.49. The highest BCUT2D eigenvalue weighted by atomic mass is 16.5. The summed E-state index contributed by atoms with van der Waals surface area (Å²) in [5.41, 5.74) is 8.08. The van der Waals surface area contributed by atoms with Gasteiger partial charge in [0.05, 0.1) is 37.6 Å². The second-order valence-corrected chi connectivity index (χ2v) is 11.0. The Bertz CT molecular complexity index is 1820. The summed E-state index contributed by atoms with van der Waals surface area (Å²) >= 11 is 0. The van der Waals surface area contributed by atoms with Gasteiger partial charge in [0.2, 0.25) is 0 Å². The van der Waals surface area contributed by atoms with Crippen LogP contribution in [0.5, 0.6) is 5.75 Å². The van der Waals surface area contributed by atoms with Crippen molar-refractivity contribution in [3.05, 3.63) is 95.0 Å². The maximum atomic E-state index is 13.7. The second kappa shape index (κ2) is 12.5. The number of nitrogens with zero attached hydrogens (tertiary/aromatic N) is 3. The van der Waals surface area contributed by atoms with E-state index in [1.807, 2.05) is 49.0 Å². The van der Waals surface area contributed by atoms with E-state index in [9.17, 15) is 4.79 Å². The monoisotopic (exact) mass is 577 g/mol. The molecule has 1 aliphatic heterocycles. The van der Waals surface area contributed by atoms with Crippen molar-refractivity contribution < 1.29 is 19.0 Å². The lowest BCUT2D eigenvalue weighted by Crippen LogP contribution is -2.15. The van der Waals surface area contributed by atoms with Crippen LogP contribution >= 0.6 is 0 Å². The van der Waals surface area contributed by atoms with Crippen molar-refractivity contribution in [3.8, 4) is 16.9 Å². The summed E-state index contributed by atoms with van der Waals surface area (Å²) in [5, 5.41) is 8.21. The summed E-state index contributed by atoms with van der Waals surface area (Å²) < 4.78 is 22.1. The van der Waals surface area contributed by atoms with Crippen molar-refractivity contribution in [2.75, 3.05) is 19.8 Å². The first-order valence-corrected chi connectivity index (χ1v) is 15.2. The van der Waals surface area contributed by atoms with Gasteiger partial charge in [0.15, 0.2) is 0 Å². The van der Waals surface area contributed by atoms with Crippen molar-refractivity contribution in [2.24, 2.45) is 7.05 Å². The standard InChI is InChI=1S/C36H39N3O4/c1-5-30-33-29(37-38(30)4)23-41-21-10-9-20-39-34-28(19-18-24(3)32(33)34)27(35(39)36(40)42-6-2)16-12-22-43-31-17-11-14-25-13-7-8-15-26(25)31/h7-11,13-15,17-19H,5-6,12,16,20-23H2,1-4H3/b10-9-. The van der Waals surface area contributed by atoms with Gasteiger partial charge in [-0.15, -0.1) is 0 Å². The molecule has 7 heteroatoms. The van der Waals surface area contributed by atoms with Gasteiger partial charge >= 0.3 is 5.97 Å². The van der Waals surface area contributed by atoms with Crippen LogP contribution in [0.25, 0.3) is 32.8 Å². The number of hydrogen-bond acceptors (Lipinski definition) is 5. The van der Waals surface area contributed by atoms with Crippen molar-refractivity contribution >= 4 is 27.6 Å². The van der Waals surface area contributed by atoms with Gasteiger partial charge in [0.25, 0.3) is 0 Å². The summed E-state index contributed by atoms with van der Waals surface area (Å²) in [6, 6.07) is 18.7. The Balaban J connectivity index is 1.47. The van der Waals surface area contributed by atoms with Gasteiger partial charge in [-0.1, -0.05) is 67.6 Å². The Morgan fingerprint density at radius 3 is 2.67 bits per heavy atom. The highest BCUT2D eigenvalue weighted by molar-refractivity contribution is 6.05. The summed E-state index contributed by atoms with van der Waals surface area (Å²) in [6.45, 7) is 8.43. The molecule has 0 N–H and O–H groups in total. The molecule has 222 valence electrons. The van der Waals surface area contributed by atoms with E-state index < -0.39 is 0 Å². The molecule has 0 spiro atoms. The normalized spacial score (nSPS) is 14.0. The van der Waals surface area contributed by atoms with Crippen LogP contribution in [0.4, 0.5) is 0 Å². The molecule has 7 nitrogen and oxygen atoms in total. The number of rotatable bonds is 8. The maximum Gasteiger partial charge on any atom is 0.355 e. The maximum absolute atomic E-state index is 13.7. The molecule has 1 aliphatic rings. The topological polar surface area (TPSA) is 67.5 Å². The van der Waals surface area contributed by atoms with Crippen LogP contribution in [0, 0.1) is 6.92 Å². The molecular weight excluding hydrogens is 538 g/mol. The molecule has 3 heterocycles. The summed E-state index contributed by atoms with van der Waals surface area (Å²) in [4.78, 5) is 13.7. The molecule has 0 amide bonds. The first-order chi connectivity index (χ1) is 21.0. The minimum Gasteiger partial charge on any atom is -0.493 e. The van der Waals surface area contributed by atoms with Gasteiger partial charge in [-0.25, -0.2) is 4.79 Å². The van der Waals surface area contributed by atoms with Crippen molar-refractivity contribution in [1.29, 1.82) is 0 Å². The molecule has 0 aliphatic carbocycles. The molecule has 5 aromatic rings. The lowest BCUT2D eigenvalue weighted by Gasteiger charge is -2.15. The third-order valence-corrected chi connectivity index (χ3v) is 8.32. The van der Waals surface area contributed by atoms with Crippen molar-refractivity contribution in [1.82, 2.24) is 14.3 Å². The van der Waals surface area contributed by atoms with Gasteiger partial charge in [0.1, 0.15) is 11.4 Å². The van der Waals surface area contributed by atoms with Crippen molar-refractivity contribution in [3.63, 3.8) is 0 Å². The number of benzene rings is 3. The second-order valence-electron chi connectivity index (χ2n) is 11.0. The van der Waals surface area contributed by atoms with E-state index in [4.69, 9.17) is 19.3 Å². The highest BCUT2D eigenvalue weighted by Crippen LogP contribution is 2.41. The third-order valence-electron chi connectivity index (χ3n) is 8.32. The van der Waals surface area contributed by atoms with Crippen LogP contribution in [-0.4, -0.2) is 40.1 Å². The largest absolute Gasteiger partial charge is 0.493 e. The van der Waals surface area contributed by atoms with Gasteiger partial charge in [-0.2, -0.15) is 5.10 Å². The van der Waals surface area contributed by atoms with Crippen LogP contribution in [0.15, 0.2) is 66.7 Å². The highest BCUT2D eigenvalue weighted by Gasteiger charge is 2.29. The zero-order valence-electron chi connectivity index (χ0n) is 25.5. The number of aromatic nitrogens is 3. The number of aryl methyl sites for hydroxylation is 3. The Hall–Kier alpha value is -4.36. The summed E-state index contributed by atoms with van der Waals surface area (Å²) in [5.74, 6) is 0.580. The lowest BCUT2D eigenvalue weighted by atomic mass is 9.93. The van der Waals surface area contributed by atoms with Crippen LogP contribution < -0.4 is 4.74 Å². The predicted octanol–water partition coefficient (Wildman–Crippen LogP) is 7.34. The first kappa shape index (κ1) is 28.7. The molecular formula is C36H39N3O4. The summed E-state index contributed by atoms with van der Waals surface area (Å²) in [6.07, 6.45) is 6.35. The quantitative estimate of drug-likeness (QED) is 0.110. The molecule has 43 heavy (non-hydrogen) atoms. The first-order valence-electron chi connectivity index (χ1n) is 15.2. The zero-order chi connectivity index (χ0) is 29.9. The molecule has 6 rings (SSSR count). The lowest BCUT2D eigenvalue weighted by molar-refractivity contribution is 0.0513. The Morgan fingerprint density at radius 1 is 1.00 bits per heavy atom. The number of carbonyl (C=O) groups is 1. The fourth-order valence-electron chi connectivity index (χ4n) is 6.44. The molecule has 0 atom stereocenters. The molecule has 0 bridgehead atoms. The van der Waals surface area contributed by atoms with E-state index >= 15 is 0 Å². The Kier molecular flexibility index (Phi) is 8.34. The fraction of sp³-hybridized carbons (Fsp3) is 0.333. The van der Waals surface area contributed by atoms with Crippen molar-refractivity contribution in [2.45, 2.75) is 53.2 Å². The molecule has 0 saturated heterocycles. The number of ether oxygens (including phenoxy) is 3. The minimum atomic E-state index is -0.297. The van der Waals surface area contributed by atoms with Gasteiger partial charge in [-0.05, 0) is 55.7 Å². The van der Waals surface area contributed by atoms with Crippen LogP contribution in [0.3, 0.4) is 0 Å². The molecule has 0 radical (unpaired) electrons. The SMILES string of the molecule is CCOC(=O)c1c(CCCOc2cccc3ccccc23)c2ccc(C)c3c2n1C/C=C\COCc1nn(C)c(CC)c1-3. The van der Waals surface area contributed by atoms with Gasteiger partial charge in [0, 0.05) is 41.2 Å². The van der Waals surface area contributed by atoms with E-state index in [1.54, 1.807) is 0 Å². The molecule has 2 aromatic heterocycles. The van der Waals surface area contributed by atoms with Gasteiger partial charge < -0.3 is 18.8 Å². The summed E-state index contributed by atoms with van der Waals surface area (Å²) in [7, 11) is 2.00.